The summed E-state index contributed by atoms with van der Waals surface area (Å²) < 4.78 is 157. The first kappa shape index (κ1) is 32.5. The zero-order valence-corrected chi connectivity index (χ0v) is 21.2. The highest BCUT2D eigenvalue weighted by atomic mass is 19.4. The number of ether oxygens (including phenoxy) is 2. The summed E-state index contributed by atoms with van der Waals surface area (Å²) in [6.07, 6.45) is -20.0. The molecule has 4 nitrogen and oxygen atoms in total. The van der Waals surface area contributed by atoms with Gasteiger partial charge in [-0.25, -0.2) is 0 Å². The lowest BCUT2D eigenvalue weighted by Crippen LogP contribution is -2.58. The largest absolute Gasteiger partial charge is 0.573 e. The van der Waals surface area contributed by atoms with Gasteiger partial charge in [-0.1, -0.05) is 37.5 Å². The molecular formula is C26H26F11NO3. The fraction of sp³-hybridized carbons (Fsp3) is 0.538. The minimum Gasteiger partial charge on any atom is -0.489 e. The van der Waals surface area contributed by atoms with Gasteiger partial charge in [0.2, 0.25) is 0 Å². The third-order valence-corrected chi connectivity index (χ3v) is 6.82. The van der Waals surface area contributed by atoms with E-state index < -0.39 is 67.8 Å². The molecule has 0 amide bonds. The summed E-state index contributed by atoms with van der Waals surface area (Å²) >= 11 is 0. The zero-order valence-electron chi connectivity index (χ0n) is 21.2. The molecule has 230 valence electrons. The number of halogens is 11. The number of alkyl halides is 11. The molecule has 1 unspecified atom stereocenters. The standard InChI is InChI=1S/C26H26F11NO3/c27-23(28,29)21(39)14-38(16-22(10-2-1-3-11-22)24(30,31)25(32,33)34)18-7-5-8-19(13-18)40-15-17-6-4-9-20(12-17)41-26(35,36)37/h4-9,12-13,21,39H,1-3,10-11,14-16H2. The van der Waals surface area contributed by atoms with Gasteiger partial charge >= 0.3 is 24.6 Å². The van der Waals surface area contributed by atoms with Crippen molar-refractivity contribution < 1.29 is 62.9 Å². The van der Waals surface area contributed by atoms with E-state index in [0.717, 1.165) is 24.3 Å². The molecule has 1 atom stereocenters. The molecule has 0 aliphatic heterocycles. The van der Waals surface area contributed by atoms with E-state index in [1.807, 2.05) is 0 Å². The van der Waals surface area contributed by atoms with Crippen molar-refractivity contribution in [1.29, 1.82) is 0 Å². The Hall–Kier alpha value is -2.97. The lowest BCUT2D eigenvalue weighted by molar-refractivity contribution is -0.329. The molecule has 0 radical (unpaired) electrons. The van der Waals surface area contributed by atoms with Gasteiger partial charge in [-0.3, -0.25) is 0 Å². The number of aliphatic hydroxyl groups excluding tert-OH is 1. The van der Waals surface area contributed by atoms with Crippen LogP contribution < -0.4 is 14.4 Å². The Kier molecular flexibility index (Phi) is 9.60. The molecule has 1 fully saturated rings. The van der Waals surface area contributed by atoms with Crippen LogP contribution in [0.25, 0.3) is 0 Å². The van der Waals surface area contributed by atoms with E-state index in [4.69, 9.17) is 4.74 Å². The van der Waals surface area contributed by atoms with E-state index in [2.05, 4.69) is 4.74 Å². The third kappa shape index (κ3) is 8.29. The SMILES string of the molecule is OC(CN(CC1(C(F)(F)C(F)(F)F)CCCCC1)c1cccc(OCc2cccc(OC(F)(F)F)c2)c1)C(F)(F)F. The Morgan fingerprint density at radius 2 is 1.41 bits per heavy atom. The number of hydrogen-bond acceptors (Lipinski definition) is 4. The second-order valence-electron chi connectivity index (χ2n) is 9.83. The molecule has 41 heavy (non-hydrogen) atoms. The average Bonchev–Trinajstić information content (AvgIpc) is 2.86. The average molecular weight is 609 g/mol. The summed E-state index contributed by atoms with van der Waals surface area (Å²) in [4.78, 5) is 0.633. The van der Waals surface area contributed by atoms with Crippen LogP contribution in [0.15, 0.2) is 48.5 Å². The minimum atomic E-state index is -5.96. The van der Waals surface area contributed by atoms with Crippen LogP contribution in [-0.4, -0.2) is 48.9 Å². The minimum absolute atomic E-state index is 0.00159. The first-order chi connectivity index (χ1) is 18.8. The zero-order chi connectivity index (χ0) is 30.7. The van der Waals surface area contributed by atoms with Crippen LogP contribution in [0.4, 0.5) is 54.0 Å². The smallest absolute Gasteiger partial charge is 0.489 e. The molecule has 0 aromatic heterocycles. The Balaban J connectivity index is 1.91. The first-order valence-corrected chi connectivity index (χ1v) is 12.3. The van der Waals surface area contributed by atoms with Crippen molar-refractivity contribution in [2.24, 2.45) is 5.41 Å². The number of anilines is 1. The summed E-state index contributed by atoms with van der Waals surface area (Å²) in [6.45, 7) is -2.83. The van der Waals surface area contributed by atoms with Gasteiger partial charge in [0, 0.05) is 18.3 Å². The maximum absolute atomic E-state index is 14.9. The second kappa shape index (κ2) is 12.1. The molecule has 2 aromatic carbocycles. The van der Waals surface area contributed by atoms with Gasteiger partial charge in [0.1, 0.15) is 18.1 Å². The van der Waals surface area contributed by atoms with E-state index in [0.29, 0.717) is 11.3 Å². The summed E-state index contributed by atoms with van der Waals surface area (Å²) in [5.74, 6) is -5.85. The van der Waals surface area contributed by atoms with E-state index in [-0.39, 0.29) is 36.4 Å². The quantitative estimate of drug-likeness (QED) is 0.277. The predicted octanol–water partition coefficient (Wildman–Crippen LogP) is 8.04. The maximum atomic E-state index is 14.9. The van der Waals surface area contributed by atoms with Crippen molar-refractivity contribution >= 4 is 5.69 Å². The molecule has 15 heteroatoms. The van der Waals surface area contributed by atoms with Crippen LogP contribution >= 0.6 is 0 Å². The second-order valence-corrected chi connectivity index (χ2v) is 9.83. The van der Waals surface area contributed by atoms with Gasteiger partial charge in [-0.05, 0) is 42.7 Å². The van der Waals surface area contributed by atoms with Crippen molar-refractivity contribution in [3.8, 4) is 11.5 Å². The molecular weight excluding hydrogens is 583 g/mol. The van der Waals surface area contributed by atoms with E-state index in [9.17, 15) is 53.4 Å². The van der Waals surface area contributed by atoms with Gasteiger partial charge in [-0.2, -0.15) is 35.1 Å². The van der Waals surface area contributed by atoms with E-state index >= 15 is 0 Å². The van der Waals surface area contributed by atoms with Crippen LogP contribution in [0.3, 0.4) is 0 Å². The highest BCUT2D eigenvalue weighted by Crippen LogP contribution is 2.56. The van der Waals surface area contributed by atoms with Crippen LogP contribution in [0, 0.1) is 5.41 Å². The molecule has 1 aliphatic rings. The predicted molar refractivity (Wildman–Crippen MR) is 125 cm³/mol. The first-order valence-electron chi connectivity index (χ1n) is 12.3. The van der Waals surface area contributed by atoms with Gasteiger partial charge in [0.25, 0.3) is 0 Å². The molecule has 1 N–H and O–H groups in total. The molecule has 0 spiro atoms. The lowest BCUT2D eigenvalue weighted by Gasteiger charge is -2.47. The highest BCUT2D eigenvalue weighted by Gasteiger charge is 2.69. The fourth-order valence-electron chi connectivity index (χ4n) is 4.81. The number of aliphatic hydroxyl groups is 1. The van der Waals surface area contributed by atoms with Crippen molar-refractivity contribution in [3.05, 3.63) is 54.1 Å². The lowest BCUT2D eigenvalue weighted by atomic mass is 9.68. The van der Waals surface area contributed by atoms with Crippen molar-refractivity contribution in [2.45, 2.75) is 69.5 Å². The normalized spacial score (nSPS) is 17.2. The fourth-order valence-corrected chi connectivity index (χ4v) is 4.81. The summed E-state index contributed by atoms with van der Waals surface area (Å²) in [5.41, 5.74) is -2.79. The third-order valence-electron chi connectivity index (χ3n) is 6.82. The topological polar surface area (TPSA) is 41.9 Å². The molecule has 1 saturated carbocycles. The molecule has 2 aromatic rings. The van der Waals surface area contributed by atoms with Crippen LogP contribution in [0.1, 0.15) is 37.7 Å². The molecule has 0 saturated heterocycles. The van der Waals surface area contributed by atoms with Crippen molar-refractivity contribution in [2.75, 3.05) is 18.0 Å². The Labute approximate surface area is 227 Å². The van der Waals surface area contributed by atoms with Crippen LogP contribution in [0.2, 0.25) is 0 Å². The van der Waals surface area contributed by atoms with Gasteiger partial charge in [0.05, 0.1) is 12.0 Å². The molecule has 0 bridgehead atoms. The van der Waals surface area contributed by atoms with Crippen LogP contribution in [-0.2, 0) is 6.61 Å². The highest BCUT2D eigenvalue weighted by molar-refractivity contribution is 5.51. The number of benzene rings is 2. The van der Waals surface area contributed by atoms with Crippen LogP contribution in [0.5, 0.6) is 11.5 Å². The Bertz CT molecular complexity index is 1140. The van der Waals surface area contributed by atoms with E-state index in [1.165, 1.54) is 24.3 Å². The van der Waals surface area contributed by atoms with Gasteiger partial charge in [0.15, 0.2) is 6.10 Å². The number of hydrogen-bond donors (Lipinski definition) is 1. The number of rotatable bonds is 10. The monoisotopic (exact) mass is 609 g/mol. The number of nitrogens with zero attached hydrogens (tertiary/aromatic N) is 1. The van der Waals surface area contributed by atoms with Crippen molar-refractivity contribution in [3.63, 3.8) is 0 Å². The molecule has 3 rings (SSSR count). The van der Waals surface area contributed by atoms with Gasteiger partial charge in [-0.15, -0.1) is 13.2 Å². The summed E-state index contributed by atoms with van der Waals surface area (Å²) in [7, 11) is 0. The molecule has 1 aliphatic carbocycles. The van der Waals surface area contributed by atoms with E-state index in [1.54, 1.807) is 0 Å². The van der Waals surface area contributed by atoms with Crippen molar-refractivity contribution in [1.82, 2.24) is 0 Å². The summed E-state index contributed by atoms with van der Waals surface area (Å²) in [5, 5.41) is 9.72. The molecule has 0 heterocycles. The Morgan fingerprint density at radius 3 is 2.00 bits per heavy atom. The van der Waals surface area contributed by atoms with Gasteiger partial charge < -0.3 is 19.5 Å². The summed E-state index contributed by atoms with van der Waals surface area (Å²) in [6, 6.07) is 9.51. The Morgan fingerprint density at radius 1 is 0.805 bits per heavy atom. The maximum Gasteiger partial charge on any atom is 0.573 e.